The van der Waals surface area contributed by atoms with Crippen molar-refractivity contribution < 1.29 is 23.9 Å². The van der Waals surface area contributed by atoms with Crippen LogP contribution < -0.4 is 0 Å². The van der Waals surface area contributed by atoms with Crippen molar-refractivity contribution in [2.75, 3.05) is 7.11 Å². The fourth-order valence-electron chi connectivity index (χ4n) is 5.96. The molecular formula is C20H28O5. The molecule has 0 aromatic carbocycles. The molecule has 0 spiro atoms. The van der Waals surface area contributed by atoms with Gasteiger partial charge in [0.05, 0.1) is 12.5 Å². The smallest absolute Gasteiger partial charge is 0.316 e. The molecule has 2 saturated carbocycles. The van der Waals surface area contributed by atoms with E-state index in [0.29, 0.717) is 6.42 Å². The molecule has 3 aliphatic carbocycles. The number of ketones is 1. The average molecular weight is 348 g/mol. The Hall–Kier alpha value is -1.65. The molecule has 5 heteroatoms. The van der Waals surface area contributed by atoms with Crippen molar-refractivity contribution in [2.45, 2.75) is 59.0 Å². The first-order valence-electron chi connectivity index (χ1n) is 9.20. The number of methoxy groups -OCH3 is 1. The van der Waals surface area contributed by atoms with Crippen molar-refractivity contribution in [1.82, 2.24) is 0 Å². The van der Waals surface area contributed by atoms with Gasteiger partial charge in [-0.05, 0) is 43.9 Å². The minimum absolute atomic E-state index is 0.0554. The third-order valence-corrected chi connectivity index (χ3v) is 6.83. The first-order valence-corrected chi connectivity index (χ1v) is 9.20. The van der Waals surface area contributed by atoms with Crippen molar-refractivity contribution in [1.29, 1.82) is 0 Å². The molecule has 0 aromatic heterocycles. The molecule has 0 unspecified atom stereocenters. The minimum atomic E-state index is -0.918. The Labute approximate surface area is 149 Å². The standard InChI is InChI=1S/C20H28O5/c1-12(21)25-16-8-5-7-14-13(16)11-15(22)17-19(14,2)9-6-10-20(17,3)18(23)24-4/h6,10,13-14,16-17H,5,7-9,11H2,1-4H3/t13-,14+,16+,17-,19-,20+/m0/s1. The number of hydrogen-bond donors (Lipinski definition) is 0. The van der Waals surface area contributed by atoms with Gasteiger partial charge in [0.15, 0.2) is 0 Å². The Kier molecular flexibility index (Phi) is 4.54. The molecule has 0 bridgehead atoms. The third kappa shape index (κ3) is 2.72. The number of fused-ring (bicyclic) bond motifs is 3. The SMILES string of the molecule is COC(=O)[C@]1(C)C=CC[C@@]2(C)[C@@H]3CCC[C@@H](OC(C)=O)[C@H]3CC(=O)[C@@H]21. The summed E-state index contributed by atoms with van der Waals surface area (Å²) < 4.78 is 10.6. The molecule has 0 N–H and O–H groups in total. The molecule has 2 fully saturated rings. The maximum atomic E-state index is 13.2. The summed E-state index contributed by atoms with van der Waals surface area (Å²) in [4.78, 5) is 37.2. The van der Waals surface area contributed by atoms with Crippen molar-refractivity contribution in [3.05, 3.63) is 12.2 Å². The molecule has 138 valence electrons. The van der Waals surface area contributed by atoms with Crippen LogP contribution in [0, 0.1) is 28.6 Å². The lowest BCUT2D eigenvalue weighted by molar-refractivity contribution is -0.178. The number of allylic oxidation sites excluding steroid dienone is 1. The highest BCUT2D eigenvalue weighted by Gasteiger charge is 2.62. The molecule has 25 heavy (non-hydrogen) atoms. The normalized spacial score (nSPS) is 43.0. The van der Waals surface area contributed by atoms with E-state index in [1.165, 1.54) is 14.0 Å². The summed E-state index contributed by atoms with van der Waals surface area (Å²) in [5.41, 5.74) is -1.23. The van der Waals surface area contributed by atoms with Crippen LogP contribution in [-0.4, -0.2) is 30.9 Å². The van der Waals surface area contributed by atoms with Gasteiger partial charge in [-0.15, -0.1) is 0 Å². The summed E-state index contributed by atoms with van der Waals surface area (Å²) in [5.74, 6) is -0.594. The first kappa shape index (κ1) is 18.2. The summed E-state index contributed by atoms with van der Waals surface area (Å²) >= 11 is 0. The molecule has 0 radical (unpaired) electrons. The van der Waals surface area contributed by atoms with E-state index in [-0.39, 0.29) is 47.0 Å². The molecular weight excluding hydrogens is 320 g/mol. The van der Waals surface area contributed by atoms with E-state index in [4.69, 9.17) is 9.47 Å². The Morgan fingerprint density at radius 3 is 2.60 bits per heavy atom. The summed E-state index contributed by atoms with van der Waals surface area (Å²) in [6.07, 6.45) is 7.65. The third-order valence-electron chi connectivity index (χ3n) is 6.83. The Morgan fingerprint density at radius 1 is 1.24 bits per heavy atom. The van der Waals surface area contributed by atoms with Gasteiger partial charge in [-0.1, -0.05) is 19.1 Å². The van der Waals surface area contributed by atoms with Crippen LogP contribution >= 0.6 is 0 Å². The molecule has 0 aromatic rings. The lowest BCUT2D eigenvalue weighted by Crippen LogP contribution is -2.60. The van der Waals surface area contributed by atoms with E-state index in [2.05, 4.69) is 6.92 Å². The lowest BCUT2D eigenvalue weighted by atomic mass is 9.45. The monoisotopic (exact) mass is 348 g/mol. The molecule has 0 heterocycles. The minimum Gasteiger partial charge on any atom is -0.468 e. The second-order valence-electron chi connectivity index (χ2n) is 8.34. The fourth-order valence-corrected chi connectivity index (χ4v) is 5.96. The van der Waals surface area contributed by atoms with Crippen molar-refractivity contribution in [3.63, 3.8) is 0 Å². The topological polar surface area (TPSA) is 69.7 Å². The van der Waals surface area contributed by atoms with Crippen LogP contribution in [0.4, 0.5) is 0 Å². The number of carbonyl (C=O) groups is 3. The highest BCUT2D eigenvalue weighted by molar-refractivity contribution is 5.92. The van der Waals surface area contributed by atoms with Gasteiger partial charge in [-0.25, -0.2) is 0 Å². The van der Waals surface area contributed by atoms with Gasteiger partial charge >= 0.3 is 11.9 Å². The number of Topliss-reactive ketones (excluding diaryl/α,β-unsaturated/α-hetero) is 1. The number of ether oxygens (including phenoxy) is 2. The fraction of sp³-hybridized carbons (Fsp3) is 0.750. The van der Waals surface area contributed by atoms with E-state index < -0.39 is 5.41 Å². The maximum Gasteiger partial charge on any atom is 0.316 e. The zero-order chi connectivity index (χ0) is 18.4. The van der Waals surface area contributed by atoms with Crippen molar-refractivity contribution in [3.8, 4) is 0 Å². The first-order chi connectivity index (χ1) is 11.7. The van der Waals surface area contributed by atoms with Gasteiger partial charge in [-0.2, -0.15) is 0 Å². The Balaban J connectivity index is 2.00. The van der Waals surface area contributed by atoms with Crippen molar-refractivity contribution >= 4 is 17.7 Å². The molecule has 0 aliphatic heterocycles. The summed E-state index contributed by atoms with van der Waals surface area (Å²) in [7, 11) is 1.38. The number of hydrogen-bond acceptors (Lipinski definition) is 5. The van der Waals surface area contributed by atoms with Gasteiger partial charge in [-0.3, -0.25) is 14.4 Å². The highest BCUT2D eigenvalue weighted by Crippen LogP contribution is 2.61. The van der Waals surface area contributed by atoms with E-state index >= 15 is 0 Å². The number of carbonyl (C=O) groups excluding carboxylic acids is 3. The van der Waals surface area contributed by atoms with Gasteiger partial charge in [0.25, 0.3) is 0 Å². The van der Waals surface area contributed by atoms with E-state index in [1.807, 2.05) is 19.1 Å². The zero-order valence-corrected chi connectivity index (χ0v) is 15.5. The number of rotatable bonds is 2. The summed E-state index contributed by atoms with van der Waals surface area (Å²) in [6.45, 7) is 5.38. The van der Waals surface area contributed by atoms with Crippen molar-refractivity contribution in [2.24, 2.45) is 28.6 Å². The summed E-state index contributed by atoms with van der Waals surface area (Å²) in [5, 5.41) is 0. The predicted octanol–water partition coefficient (Wildman–Crippen LogP) is 3.07. The number of esters is 2. The molecule has 5 nitrogen and oxygen atoms in total. The Morgan fingerprint density at radius 2 is 1.96 bits per heavy atom. The second kappa shape index (κ2) is 6.26. The van der Waals surface area contributed by atoms with Crippen LogP contribution in [-0.2, 0) is 23.9 Å². The highest BCUT2D eigenvalue weighted by atomic mass is 16.5. The van der Waals surface area contributed by atoms with Gasteiger partial charge < -0.3 is 9.47 Å². The molecule has 6 atom stereocenters. The molecule has 0 saturated heterocycles. The van der Waals surface area contributed by atoms with Crippen LogP contribution in [0.15, 0.2) is 12.2 Å². The average Bonchev–Trinajstić information content (AvgIpc) is 2.54. The van der Waals surface area contributed by atoms with Gasteiger partial charge in [0.1, 0.15) is 11.9 Å². The molecule has 3 rings (SSSR count). The van der Waals surface area contributed by atoms with E-state index in [1.54, 1.807) is 0 Å². The van der Waals surface area contributed by atoms with Crippen LogP contribution in [0.5, 0.6) is 0 Å². The van der Waals surface area contributed by atoms with Gasteiger partial charge in [0, 0.05) is 25.2 Å². The lowest BCUT2D eigenvalue weighted by Gasteiger charge is -2.58. The van der Waals surface area contributed by atoms with Crippen LogP contribution in [0.1, 0.15) is 52.9 Å². The summed E-state index contributed by atoms with van der Waals surface area (Å²) in [6, 6.07) is 0. The second-order valence-corrected chi connectivity index (χ2v) is 8.34. The Bertz CT molecular complexity index is 624. The van der Waals surface area contributed by atoms with Gasteiger partial charge in [0.2, 0.25) is 0 Å². The van der Waals surface area contributed by atoms with Crippen LogP contribution in [0.3, 0.4) is 0 Å². The largest absolute Gasteiger partial charge is 0.468 e. The molecule has 3 aliphatic rings. The van der Waals surface area contributed by atoms with E-state index in [0.717, 1.165) is 25.7 Å². The van der Waals surface area contributed by atoms with Crippen LogP contribution in [0.2, 0.25) is 0 Å². The quantitative estimate of drug-likeness (QED) is 0.566. The zero-order valence-electron chi connectivity index (χ0n) is 15.5. The maximum absolute atomic E-state index is 13.2. The van der Waals surface area contributed by atoms with Crippen LogP contribution in [0.25, 0.3) is 0 Å². The van der Waals surface area contributed by atoms with E-state index in [9.17, 15) is 14.4 Å². The molecule has 0 amide bonds. The predicted molar refractivity (Wildman–Crippen MR) is 91.5 cm³/mol.